The summed E-state index contributed by atoms with van der Waals surface area (Å²) >= 11 is 0. The van der Waals surface area contributed by atoms with Crippen LogP contribution in [0.2, 0.25) is 0 Å². The molecule has 0 aliphatic heterocycles. The summed E-state index contributed by atoms with van der Waals surface area (Å²) in [5.41, 5.74) is 7.88. The second-order valence-corrected chi connectivity index (χ2v) is 10.4. The van der Waals surface area contributed by atoms with Crippen molar-refractivity contribution in [1.29, 1.82) is 0 Å². The van der Waals surface area contributed by atoms with Gasteiger partial charge < -0.3 is 0 Å². The van der Waals surface area contributed by atoms with Crippen molar-refractivity contribution in [2.45, 2.75) is 78.1 Å². The van der Waals surface area contributed by atoms with Crippen molar-refractivity contribution in [3.63, 3.8) is 0 Å². The van der Waals surface area contributed by atoms with E-state index in [1.54, 1.807) is 6.07 Å². The third kappa shape index (κ3) is 3.32. The summed E-state index contributed by atoms with van der Waals surface area (Å²) in [7, 11) is 0. The maximum absolute atomic E-state index is 13.7. The number of fused-ring (bicyclic) bond motifs is 4. The van der Waals surface area contributed by atoms with E-state index in [4.69, 9.17) is 0 Å². The van der Waals surface area contributed by atoms with Crippen LogP contribution in [-0.2, 0) is 17.3 Å². The second kappa shape index (κ2) is 8.50. The number of nitrogens with one attached hydrogen (secondary N) is 1. The van der Waals surface area contributed by atoms with Crippen LogP contribution >= 0.6 is 0 Å². The van der Waals surface area contributed by atoms with Gasteiger partial charge in [0.2, 0.25) is 0 Å². The average molecular weight is 433 g/mol. The molecule has 1 heterocycles. The number of nitrogens with zero attached hydrogens (tertiary/aromatic N) is 1. The van der Waals surface area contributed by atoms with Gasteiger partial charge in [0, 0.05) is 11.0 Å². The first-order valence-corrected chi connectivity index (χ1v) is 12.2. The minimum Gasteiger partial charge on any atom is -0.281 e. The molecular weight excluding hydrogens is 395 g/mol. The summed E-state index contributed by atoms with van der Waals surface area (Å²) < 4.78 is 13.7. The van der Waals surface area contributed by atoms with Crippen LogP contribution in [0.5, 0.6) is 0 Å². The lowest BCUT2D eigenvalue weighted by molar-refractivity contribution is 0.287. The van der Waals surface area contributed by atoms with Gasteiger partial charge in [-0.1, -0.05) is 77.9 Å². The Bertz CT molecular complexity index is 1100. The number of hydrogen-bond acceptors (Lipinski definition) is 1. The smallest absolute Gasteiger partial charge is 0.126 e. The van der Waals surface area contributed by atoms with E-state index in [9.17, 15) is 4.39 Å². The first-order chi connectivity index (χ1) is 15.3. The Labute approximate surface area is 192 Å². The molecule has 2 atom stereocenters. The molecular formula is C29H37FN2. The van der Waals surface area contributed by atoms with Gasteiger partial charge >= 0.3 is 0 Å². The van der Waals surface area contributed by atoms with Gasteiger partial charge in [-0.3, -0.25) is 5.10 Å². The van der Waals surface area contributed by atoms with Gasteiger partial charge in [-0.2, -0.15) is 5.10 Å². The molecule has 0 amide bonds. The minimum absolute atomic E-state index is 0.0147. The highest BCUT2D eigenvalue weighted by Gasteiger charge is 2.45. The Morgan fingerprint density at radius 2 is 1.69 bits per heavy atom. The zero-order valence-electron chi connectivity index (χ0n) is 20.4. The molecule has 0 bridgehead atoms. The van der Waals surface area contributed by atoms with E-state index in [1.807, 2.05) is 12.3 Å². The Morgan fingerprint density at radius 1 is 0.969 bits per heavy atom. The van der Waals surface area contributed by atoms with Crippen molar-refractivity contribution in [1.82, 2.24) is 10.2 Å². The molecule has 3 heteroatoms. The summed E-state index contributed by atoms with van der Waals surface area (Å²) in [6.45, 7) is 13.6. The van der Waals surface area contributed by atoms with E-state index in [0.29, 0.717) is 11.8 Å². The number of hydrogen-bond donors (Lipinski definition) is 1. The molecule has 0 saturated carbocycles. The highest BCUT2D eigenvalue weighted by Crippen LogP contribution is 2.53. The Hall–Kier alpha value is -2.42. The number of rotatable bonds is 3. The average Bonchev–Trinajstić information content (AvgIpc) is 3.35. The van der Waals surface area contributed by atoms with Crippen LogP contribution in [0.15, 0.2) is 48.7 Å². The van der Waals surface area contributed by atoms with Crippen LogP contribution in [0.4, 0.5) is 4.39 Å². The topological polar surface area (TPSA) is 28.7 Å². The van der Waals surface area contributed by atoms with Crippen LogP contribution in [-0.4, -0.2) is 10.2 Å². The summed E-state index contributed by atoms with van der Waals surface area (Å²) in [6, 6.07) is 14.3. The fourth-order valence-corrected chi connectivity index (χ4v) is 6.16. The van der Waals surface area contributed by atoms with Crippen molar-refractivity contribution in [2.24, 2.45) is 11.8 Å². The minimum atomic E-state index is -0.0147. The van der Waals surface area contributed by atoms with Gasteiger partial charge in [0.05, 0.1) is 11.9 Å². The zero-order valence-corrected chi connectivity index (χ0v) is 20.4. The molecule has 0 radical (unpaired) electrons. The van der Waals surface area contributed by atoms with E-state index in [2.05, 4.69) is 82.1 Å². The van der Waals surface area contributed by atoms with Gasteiger partial charge in [0.1, 0.15) is 5.82 Å². The third-order valence-corrected chi connectivity index (χ3v) is 8.46. The van der Waals surface area contributed by atoms with Crippen LogP contribution in [0, 0.1) is 17.7 Å². The van der Waals surface area contributed by atoms with Crippen LogP contribution in [0.25, 0.3) is 11.1 Å². The van der Waals surface area contributed by atoms with Gasteiger partial charge in [-0.05, 0) is 71.3 Å². The molecule has 2 aliphatic carbocycles. The van der Waals surface area contributed by atoms with Crippen molar-refractivity contribution >= 4 is 0 Å². The first-order valence-electron chi connectivity index (χ1n) is 12.2. The third-order valence-electron chi connectivity index (χ3n) is 8.46. The molecule has 0 spiro atoms. The molecule has 2 aliphatic rings. The molecule has 1 N–H and O–H groups in total. The van der Waals surface area contributed by atoms with E-state index in [1.165, 1.54) is 34.4 Å². The molecule has 170 valence electrons. The van der Waals surface area contributed by atoms with E-state index >= 15 is 0 Å². The molecule has 2 unspecified atom stereocenters. The number of H-pyrrole nitrogens is 1. The molecule has 1 aromatic heterocycles. The van der Waals surface area contributed by atoms with Gasteiger partial charge in [0.15, 0.2) is 0 Å². The lowest BCUT2D eigenvalue weighted by Crippen LogP contribution is -2.33. The summed E-state index contributed by atoms with van der Waals surface area (Å²) in [5, 5.41) is 7.48. The Balaban J connectivity index is 0.000000155. The monoisotopic (exact) mass is 432 g/mol. The van der Waals surface area contributed by atoms with E-state index in [-0.39, 0.29) is 16.6 Å². The molecule has 5 rings (SSSR count). The quantitative estimate of drug-likeness (QED) is 0.449. The normalized spacial score (nSPS) is 23.4. The van der Waals surface area contributed by atoms with Crippen molar-refractivity contribution < 1.29 is 4.39 Å². The van der Waals surface area contributed by atoms with Crippen molar-refractivity contribution in [2.75, 3.05) is 0 Å². The molecule has 3 aromatic rings. The SMILES string of the molecule is CC(C)C1(C)CCCc2c(F)cccc21.CCC1(C(C)C)c2ccccc2-c2cn[nH]c21. The maximum atomic E-state index is 13.7. The maximum Gasteiger partial charge on any atom is 0.126 e. The predicted octanol–water partition coefficient (Wildman–Crippen LogP) is 7.82. The van der Waals surface area contributed by atoms with Crippen LogP contribution in [0.1, 0.15) is 83.2 Å². The molecule has 2 aromatic carbocycles. The number of aromatic nitrogens is 2. The zero-order chi connectivity index (χ0) is 23.1. The van der Waals surface area contributed by atoms with Crippen LogP contribution in [0.3, 0.4) is 0 Å². The number of halogens is 1. The summed E-state index contributed by atoms with van der Waals surface area (Å²) in [5.74, 6) is 1.12. The molecule has 32 heavy (non-hydrogen) atoms. The number of aromatic amines is 1. The molecule has 2 nitrogen and oxygen atoms in total. The fraction of sp³-hybridized carbons (Fsp3) is 0.483. The lowest BCUT2D eigenvalue weighted by Gasteiger charge is -2.39. The molecule has 0 saturated heterocycles. The lowest BCUT2D eigenvalue weighted by atomic mass is 9.65. The molecule has 0 fully saturated rings. The summed E-state index contributed by atoms with van der Waals surface area (Å²) in [4.78, 5) is 0. The van der Waals surface area contributed by atoms with Crippen molar-refractivity contribution in [3.8, 4) is 11.1 Å². The number of benzene rings is 2. The standard InChI is InChI=1S/C15H18N2.C14H19F/c1-4-15(10(2)3)13-8-6-5-7-11(13)12-9-16-17-14(12)15;1-10(2)14(3)9-5-6-11-12(14)7-4-8-13(11)15/h5-10H,4H2,1-3H3,(H,16,17);4,7-8,10H,5-6,9H2,1-3H3. The first kappa shape index (κ1) is 22.8. The predicted molar refractivity (Wildman–Crippen MR) is 131 cm³/mol. The van der Waals surface area contributed by atoms with Gasteiger partial charge in [0.25, 0.3) is 0 Å². The highest BCUT2D eigenvalue weighted by atomic mass is 19.1. The van der Waals surface area contributed by atoms with E-state index in [0.717, 1.165) is 24.8 Å². The fourth-order valence-electron chi connectivity index (χ4n) is 6.16. The van der Waals surface area contributed by atoms with Crippen molar-refractivity contribution in [3.05, 3.63) is 76.9 Å². The van der Waals surface area contributed by atoms with Crippen LogP contribution < -0.4 is 0 Å². The Kier molecular flexibility index (Phi) is 6.04. The largest absolute Gasteiger partial charge is 0.281 e. The van der Waals surface area contributed by atoms with Gasteiger partial charge in [-0.15, -0.1) is 0 Å². The van der Waals surface area contributed by atoms with Gasteiger partial charge in [-0.25, -0.2) is 4.39 Å². The highest BCUT2D eigenvalue weighted by molar-refractivity contribution is 5.79. The second-order valence-electron chi connectivity index (χ2n) is 10.4. The Morgan fingerprint density at radius 3 is 2.38 bits per heavy atom. The summed E-state index contributed by atoms with van der Waals surface area (Å²) in [6.07, 6.45) is 6.28. The van der Waals surface area contributed by atoms with E-state index < -0.39 is 0 Å².